The van der Waals surface area contributed by atoms with Crippen LogP contribution < -0.4 is 4.74 Å². The van der Waals surface area contributed by atoms with Crippen molar-refractivity contribution < 1.29 is 258 Å². The number of esters is 10. The number of carbonyl (C=O) groups is 10. The summed E-state index contributed by atoms with van der Waals surface area (Å²) in [4.78, 5) is 151. The first kappa shape index (κ1) is 88.3. The van der Waals surface area contributed by atoms with Crippen LogP contribution in [0.5, 0.6) is 178 Å². The van der Waals surface area contributed by atoms with Gasteiger partial charge in [0, 0.05) is 38.9 Å². The standard InChI is InChI=1S/C82H54O52/c83-23-1-14(2-24(84)45(23)93)71(112)133-82-70-68-65(128-76(117)19-8-29(89)49(97)56(104)38(19)40-21(79(120)132-70)10-31(91)51(99)58(40)106)35(126-82)13-123-74(115)17-6-27(87)53(101)60(108)42(17)43-44(80(121)130-68)66(63(111)62(110)61(43)109)124-33-4-15(3-25(85)46(33)94)72(113)134-81-69-67(129-77(118)20-9-30(90)50(98)57(105)39(20)41-22(78(119)131-69)11-32(92)52(100)59(41)107)64-34(125-81)12-122-73(114)16-5-26(86)47(95)54(102)36(16)37-18(75(116)127-64)7-28(88)48(96)55(37)103/h1-11,34-35,64-65,67-70,81-111H,12-13H2. The second-order valence-corrected chi connectivity index (χ2v) is 29.4. The monoisotopic (exact) mass is 1870 g/mol. The van der Waals surface area contributed by atoms with E-state index in [1.54, 1.807) is 0 Å². The van der Waals surface area contributed by atoms with Crippen molar-refractivity contribution >= 4 is 59.7 Å². The van der Waals surface area contributed by atoms with Crippen molar-refractivity contribution in [3.05, 3.63) is 122 Å². The second-order valence-electron chi connectivity index (χ2n) is 29.4. The van der Waals surface area contributed by atoms with Gasteiger partial charge in [0.2, 0.25) is 82.3 Å². The minimum atomic E-state index is -3.10. The molecule has 16 rings (SSSR count). The van der Waals surface area contributed by atoms with Gasteiger partial charge in [-0.2, -0.15) is 0 Å². The normalized spacial score (nSPS) is 20.1. The van der Waals surface area contributed by atoms with Crippen LogP contribution in [-0.4, -0.2) is 282 Å². The van der Waals surface area contributed by atoms with Crippen molar-refractivity contribution in [2.24, 2.45) is 0 Å². The molecule has 52 heteroatoms. The van der Waals surface area contributed by atoms with Crippen LogP contribution in [0.4, 0.5) is 0 Å². The summed E-state index contributed by atoms with van der Waals surface area (Å²) in [5, 5.41) is 325. The third-order valence-corrected chi connectivity index (χ3v) is 21.6. The lowest BCUT2D eigenvalue weighted by Gasteiger charge is -2.44. The Kier molecular flexibility index (Phi) is 20.9. The van der Waals surface area contributed by atoms with Gasteiger partial charge in [0.25, 0.3) is 0 Å². The molecule has 2 saturated heterocycles. The maximum Gasteiger partial charge on any atom is 0.343 e. The highest BCUT2D eigenvalue weighted by Crippen LogP contribution is 2.62. The number of hydrogen-bond acceptors (Lipinski definition) is 52. The average Bonchev–Trinajstić information content (AvgIpc) is 1.14. The first-order chi connectivity index (χ1) is 63.1. The highest BCUT2D eigenvalue weighted by atomic mass is 16.8. The Labute approximate surface area is 734 Å². The van der Waals surface area contributed by atoms with Crippen molar-refractivity contribution in [1.29, 1.82) is 0 Å². The number of cyclic esters (lactones) is 2. The Morgan fingerprint density at radius 2 is 0.470 bits per heavy atom. The molecule has 2 fully saturated rings. The van der Waals surface area contributed by atoms with Gasteiger partial charge >= 0.3 is 59.7 Å². The summed E-state index contributed by atoms with van der Waals surface area (Å²) in [5.41, 5.74) is -24.9. The Bertz CT molecular complexity index is 6960. The van der Waals surface area contributed by atoms with Crippen LogP contribution >= 0.6 is 0 Å². The molecule has 0 spiro atoms. The lowest BCUT2D eigenvalue weighted by molar-refractivity contribution is -0.282. The van der Waals surface area contributed by atoms with Gasteiger partial charge in [0.1, 0.15) is 31.0 Å². The van der Waals surface area contributed by atoms with Crippen molar-refractivity contribution in [2.75, 3.05) is 13.2 Å². The number of rotatable bonds is 6. The second kappa shape index (κ2) is 31.7. The van der Waals surface area contributed by atoms with Crippen molar-refractivity contribution in [3.8, 4) is 223 Å². The van der Waals surface area contributed by atoms with Gasteiger partial charge in [-0.15, -0.1) is 0 Å². The molecule has 694 valence electrons. The first-order valence-electron chi connectivity index (χ1n) is 37.2. The summed E-state index contributed by atoms with van der Waals surface area (Å²) < 4.78 is 75.1. The molecule has 134 heavy (non-hydrogen) atoms. The van der Waals surface area contributed by atoms with Crippen LogP contribution in [0.25, 0.3) is 44.5 Å². The molecule has 6 aliphatic heterocycles. The third kappa shape index (κ3) is 13.9. The molecule has 0 saturated carbocycles. The van der Waals surface area contributed by atoms with Gasteiger partial charge in [-0.1, -0.05) is 0 Å². The van der Waals surface area contributed by atoms with E-state index < -0.39 is 413 Å². The van der Waals surface area contributed by atoms with E-state index >= 15 is 33.6 Å². The average molecular weight is 1870 g/mol. The number of aromatic hydroxyl groups is 29. The van der Waals surface area contributed by atoms with E-state index in [1.807, 2.05) is 0 Å². The van der Waals surface area contributed by atoms with Crippen molar-refractivity contribution in [3.63, 3.8) is 0 Å². The molecule has 0 amide bonds. The van der Waals surface area contributed by atoms with Crippen LogP contribution in [0.3, 0.4) is 0 Å². The molecular weight excluding hydrogens is 1820 g/mol. The zero-order valence-electron chi connectivity index (χ0n) is 65.4. The highest BCUT2D eigenvalue weighted by molar-refractivity contribution is 6.14. The summed E-state index contributed by atoms with van der Waals surface area (Å²) in [5.74, 6) is -71.1. The minimum Gasteiger partial charge on any atom is -0.504 e. The van der Waals surface area contributed by atoms with Crippen LogP contribution in [0.1, 0.15) is 104 Å². The van der Waals surface area contributed by atoms with Gasteiger partial charge in [-0.25, -0.2) is 47.9 Å². The summed E-state index contributed by atoms with van der Waals surface area (Å²) in [6, 6.07) is 2.86. The fourth-order valence-corrected chi connectivity index (χ4v) is 15.2. The van der Waals surface area contributed by atoms with Gasteiger partial charge in [0.05, 0.1) is 55.6 Å². The molecule has 0 aliphatic carbocycles. The number of carbonyl (C=O) groups excluding carboxylic acids is 10. The topological polar surface area (TPSA) is 877 Å². The number of benzene rings is 10. The largest absolute Gasteiger partial charge is 0.504 e. The summed E-state index contributed by atoms with van der Waals surface area (Å²) in [6.07, 6.45) is -28.9. The van der Waals surface area contributed by atoms with E-state index in [0.717, 1.165) is 0 Å². The Hall–Kier alpha value is -19.2. The molecule has 6 aliphatic rings. The van der Waals surface area contributed by atoms with Crippen LogP contribution in [-0.2, 0) is 56.8 Å². The summed E-state index contributed by atoms with van der Waals surface area (Å²) >= 11 is 0. The van der Waals surface area contributed by atoms with E-state index in [9.17, 15) is 162 Å². The molecule has 0 radical (unpaired) electrons. The lowest BCUT2D eigenvalue weighted by atomic mass is 9.90. The molecule has 10 aromatic carbocycles. The van der Waals surface area contributed by atoms with Gasteiger partial charge in [0.15, 0.2) is 145 Å². The molecule has 0 aromatic heterocycles. The quantitative estimate of drug-likeness (QED) is 0.0641. The molecule has 6 heterocycles. The number of ether oxygens (including phenoxy) is 13. The third-order valence-electron chi connectivity index (χ3n) is 21.6. The van der Waals surface area contributed by atoms with Gasteiger partial charge in [-0.3, -0.25) is 0 Å². The summed E-state index contributed by atoms with van der Waals surface area (Å²) in [6.45, 7) is -3.19. The molecule has 4 bridgehead atoms. The predicted octanol–water partition coefficient (Wildman–Crippen LogP) is 3.69. The van der Waals surface area contributed by atoms with E-state index in [1.165, 1.54) is 0 Å². The maximum absolute atomic E-state index is 16.3. The molecular formula is C82H54O52. The van der Waals surface area contributed by atoms with Gasteiger partial charge < -0.3 is 210 Å². The molecule has 10 unspecified atom stereocenters. The fraction of sp³-hybridized carbons (Fsp3) is 0.146. The van der Waals surface area contributed by atoms with E-state index in [2.05, 4.69) is 0 Å². The molecule has 52 nitrogen and oxygen atoms in total. The molecule has 29 N–H and O–H groups in total. The van der Waals surface area contributed by atoms with Crippen LogP contribution in [0, 0.1) is 0 Å². The SMILES string of the molecule is O=C(OC1OC2COC(=O)c3cc(O)c(O)c(O)c3-c3c(cc(O)c(O)c3O)C(=O)OC2C2OC(=O)c3cc(O)c(O)c(O)c3-c3c(cc(O)c(O)c3O)C(=O)OC12)c1cc(O)c(O)c(Oc2c(O)c(O)c(O)c3c2C(=O)OC2C4OC(=O)c5cc(O)c(O)c(O)c5-c5c(cc(O)c(O)c5O)C(=O)OC2C(OC(=O)c2cc(O)c(O)c(O)c2)OC4COC(=O)c2cc(O)c(O)c(O)c2-3)c1. The fourth-order valence-electron chi connectivity index (χ4n) is 15.2. The highest BCUT2D eigenvalue weighted by Gasteiger charge is 2.59. The zero-order valence-corrected chi connectivity index (χ0v) is 65.4. The first-order valence-corrected chi connectivity index (χ1v) is 37.2. The van der Waals surface area contributed by atoms with Crippen LogP contribution in [0.2, 0.25) is 0 Å². The number of phenolic OH excluding ortho intramolecular Hbond substituents is 29. The molecule has 10 aromatic rings. The van der Waals surface area contributed by atoms with E-state index in [4.69, 9.17) is 61.6 Å². The zero-order chi connectivity index (χ0) is 97.2. The predicted molar refractivity (Wildman–Crippen MR) is 413 cm³/mol. The van der Waals surface area contributed by atoms with Gasteiger partial charge in [-0.05, 0) is 66.7 Å². The van der Waals surface area contributed by atoms with Crippen molar-refractivity contribution in [2.45, 2.75) is 61.4 Å². The Balaban J connectivity index is 0.865. The van der Waals surface area contributed by atoms with E-state index in [-0.39, 0.29) is 48.5 Å². The Morgan fingerprint density at radius 3 is 0.776 bits per heavy atom. The Morgan fingerprint density at radius 1 is 0.231 bits per heavy atom. The number of phenols is 29. The smallest absolute Gasteiger partial charge is 0.343 e. The minimum absolute atomic E-state index is 0.154. The summed E-state index contributed by atoms with van der Waals surface area (Å²) in [7, 11) is 0. The van der Waals surface area contributed by atoms with E-state index in [0.29, 0.717) is 18.2 Å². The maximum atomic E-state index is 16.3. The van der Waals surface area contributed by atoms with Crippen molar-refractivity contribution in [1.82, 2.24) is 0 Å². The lowest BCUT2D eigenvalue weighted by Crippen LogP contribution is -2.63. The number of hydrogen-bond donors (Lipinski definition) is 29. The molecule has 10 atom stereocenters. The number of fused-ring (bicyclic) bond motifs is 15. The van der Waals surface area contributed by atoms with Crippen LogP contribution in [0.15, 0.2) is 66.7 Å².